The summed E-state index contributed by atoms with van der Waals surface area (Å²) in [5, 5.41) is 11.8. The molecule has 0 saturated heterocycles. The van der Waals surface area contributed by atoms with E-state index in [0.29, 0.717) is 11.3 Å². The first-order valence-corrected chi connectivity index (χ1v) is 7.50. The van der Waals surface area contributed by atoms with Gasteiger partial charge in [-0.05, 0) is 37.3 Å². The molecule has 20 heavy (non-hydrogen) atoms. The molecule has 0 aliphatic carbocycles. The molecule has 1 atom stereocenters. The molecule has 1 amide bonds. The number of rotatable bonds is 5. The third-order valence-electron chi connectivity index (χ3n) is 3.00. The van der Waals surface area contributed by atoms with Gasteiger partial charge in [0.25, 0.3) is 5.91 Å². The van der Waals surface area contributed by atoms with Crippen LogP contribution in [0, 0.1) is 19.3 Å². The molecule has 0 aliphatic rings. The number of carbonyl (C=O) groups excluding carboxylic acids is 1. The molecule has 1 rings (SSSR count). The fraction of sp³-hybridized carbons (Fsp3) is 0.600. The maximum absolute atomic E-state index is 12.2. The summed E-state index contributed by atoms with van der Waals surface area (Å²) in [4.78, 5) is 24.9. The molecule has 4 nitrogen and oxygen atoms in total. The second-order valence-electron chi connectivity index (χ2n) is 6.38. The molecule has 0 fully saturated rings. The number of amides is 1. The van der Waals surface area contributed by atoms with E-state index < -0.39 is 5.97 Å². The van der Waals surface area contributed by atoms with E-state index in [-0.39, 0.29) is 23.8 Å². The number of aliphatic carboxylic acids is 1. The van der Waals surface area contributed by atoms with Gasteiger partial charge in [-0.2, -0.15) is 0 Å². The van der Waals surface area contributed by atoms with Gasteiger partial charge in [0.15, 0.2) is 0 Å². The van der Waals surface area contributed by atoms with Crippen molar-refractivity contribution in [2.45, 2.75) is 53.5 Å². The minimum absolute atomic E-state index is 0.0331. The molecule has 112 valence electrons. The van der Waals surface area contributed by atoms with Crippen molar-refractivity contribution in [2.75, 3.05) is 0 Å². The molecular formula is C15H23NO3S. The Morgan fingerprint density at radius 1 is 1.35 bits per heavy atom. The second-order valence-corrected chi connectivity index (χ2v) is 7.64. The van der Waals surface area contributed by atoms with Crippen LogP contribution < -0.4 is 5.32 Å². The molecule has 1 aromatic heterocycles. The van der Waals surface area contributed by atoms with Crippen molar-refractivity contribution in [2.24, 2.45) is 5.41 Å². The van der Waals surface area contributed by atoms with Gasteiger partial charge in [-0.1, -0.05) is 20.8 Å². The summed E-state index contributed by atoms with van der Waals surface area (Å²) in [5.41, 5.74) is 1.06. The van der Waals surface area contributed by atoms with E-state index in [0.717, 1.165) is 10.4 Å². The fourth-order valence-corrected chi connectivity index (χ4v) is 3.00. The summed E-state index contributed by atoms with van der Waals surface area (Å²) in [5.74, 6) is -1.07. The quantitative estimate of drug-likeness (QED) is 0.875. The van der Waals surface area contributed by atoms with E-state index in [1.165, 1.54) is 11.3 Å². The highest BCUT2D eigenvalue weighted by molar-refractivity contribution is 7.14. The van der Waals surface area contributed by atoms with Crippen molar-refractivity contribution in [3.05, 3.63) is 21.4 Å². The topological polar surface area (TPSA) is 66.4 Å². The van der Waals surface area contributed by atoms with Gasteiger partial charge in [0.05, 0.1) is 11.3 Å². The number of carboxylic acid groups (broad SMARTS) is 1. The Morgan fingerprint density at radius 2 is 1.95 bits per heavy atom. The monoisotopic (exact) mass is 297 g/mol. The van der Waals surface area contributed by atoms with E-state index in [2.05, 4.69) is 5.32 Å². The van der Waals surface area contributed by atoms with Gasteiger partial charge < -0.3 is 10.4 Å². The number of nitrogens with one attached hydrogen (secondary N) is 1. The molecule has 0 aromatic carbocycles. The lowest BCUT2D eigenvalue weighted by Crippen LogP contribution is -2.38. The van der Waals surface area contributed by atoms with Gasteiger partial charge in [0.2, 0.25) is 0 Å². The lowest BCUT2D eigenvalue weighted by Gasteiger charge is -2.25. The van der Waals surface area contributed by atoms with Crippen LogP contribution in [0.1, 0.15) is 53.7 Å². The maximum atomic E-state index is 12.2. The third-order valence-corrected chi connectivity index (χ3v) is 4.16. The molecule has 5 heteroatoms. The van der Waals surface area contributed by atoms with Gasteiger partial charge in [-0.25, -0.2) is 0 Å². The van der Waals surface area contributed by atoms with Crippen LogP contribution in [-0.2, 0) is 4.79 Å². The molecule has 0 spiro atoms. The average molecular weight is 297 g/mol. The van der Waals surface area contributed by atoms with Crippen molar-refractivity contribution in [3.63, 3.8) is 0 Å². The standard InChI is InChI=1S/C15H23NO3S/c1-9-6-12(20-10(9)2)14(19)16-11(7-13(17)18)8-15(3,4)5/h6,11H,7-8H2,1-5H3,(H,16,19)(H,17,18). The normalized spacial score (nSPS) is 13.1. The number of thiophene rings is 1. The predicted octanol–water partition coefficient (Wildman–Crippen LogP) is 3.37. The fourth-order valence-electron chi connectivity index (χ4n) is 2.07. The first kappa shape index (κ1) is 16.7. The van der Waals surface area contributed by atoms with Crippen LogP contribution in [0.4, 0.5) is 0 Å². The van der Waals surface area contributed by atoms with Crippen LogP contribution in [0.2, 0.25) is 0 Å². The summed E-state index contributed by atoms with van der Waals surface area (Å²) in [6, 6.07) is 1.51. The van der Waals surface area contributed by atoms with Crippen LogP contribution in [0.25, 0.3) is 0 Å². The molecule has 0 saturated carbocycles. The number of carbonyl (C=O) groups is 2. The second kappa shape index (κ2) is 6.39. The predicted molar refractivity (Wildman–Crippen MR) is 81.4 cm³/mol. The van der Waals surface area contributed by atoms with Crippen molar-refractivity contribution >= 4 is 23.2 Å². The van der Waals surface area contributed by atoms with Crippen molar-refractivity contribution < 1.29 is 14.7 Å². The SMILES string of the molecule is Cc1cc(C(=O)NC(CC(=O)O)CC(C)(C)C)sc1C. The Kier molecular flexibility index (Phi) is 5.34. The third kappa shape index (κ3) is 5.33. The van der Waals surface area contributed by atoms with E-state index in [1.54, 1.807) is 0 Å². The lowest BCUT2D eigenvalue weighted by atomic mass is 9.87. The number of aryl methyl sites for hydroxylation is 2. The van der Waals surface area contributed by atoms with Crippen molar-refractivity contribution in [1.29, 1.82) is 0 Å². The molecule has 1 heterocycles. The Balaban J connectivity index is 2.78. The zero-order chi connectivity index (χ0) is 15.5. The lowest BCUT2D eigenvalue weighted by molar-refractivity contribution is -0.137. The first-order chi connectivity index (χ1) is 9.08. The van der Waals surface area contributed by atoms with Gasteiger partial charge in [-0.15, -0.1) is 11.3 Å². The zero-order valence-corrected chi connectivity index (χ0v) is 13.6. The Morgan fingerprint density at radius 3 is 2.35 bits per heavy atom. The maximum Gasteiger partial charge on any atom is 0.305 e. The molecule has 0 radical (unpaired) electrons. The number of carboxylic acids is 1. The Bertz CT molecular complexity index is 480. The highest BCUT2D eigenvalue weighted by Gasteiger charge is 2.23. The van der Waals surface area contributed by atoms with E-state index in [9.17, 15) is 9.59 Å². The molecule has 2 N–H and O–H groups in total. The highest BCUT2D eigenvalue weighted by Crippen LogP contribution is 2.24. The van der Waals surface area contributed by atoms with Crippen LogP contribution >= 0.6 is 11.3 Å². The Hall–Kier alpha value is -1.36. The molecule has 0 aliphatic heterocycles. The highest BCUT2D eigenvalue weighted by atomic mass is 32.1. The average Bonchev–Trinajstić information content (AvgIpc) is 2.55. The molecule has 0 bridgehead atoms. The van der Waals surface area contributed by atoms with E-state index in [4.69, 9.17) is 5.11 Å². The minimum Gasteiger partial charge on any atom is -0.481 e. The smallest absolute Gasteiger partial charge is 0.305 e. The summed E-state index contributed by atoms with van der Waals surface area (Å²) in [6.45, 7) is 10.0. The summed E-state index contributed by atoms with van der Waals surface area (Å²) in [6.07, 6.45) is 0.584. The van der Waals surface area contributed by atoms with Crippen molar-refractivity contribution in [1.82, 2.24) is 5.32 Å². The van der Waals surface area contributed by atoms with Crippen LogP contribution in [-0.4, -0.2) is 23.0 Å². The molecule has 1 unspecified atom stereocenters. The minimum atomic E-state index is -0.891. The summed E-state index contributed by atoms with van der Waals surface area (Å²) in [7, 11) is 0. The largest absolute Gasteiger partial charge is 0.481 e. The number of hydrogen-bond donors (Lipinski definition) is 2. The molecule has 1 aromatic rings. The number of hydrogen-bond acceptors (Lipinski definition) is 3. The van der Waals surface area contributed by atoms with Gasteiger partial charge in [-0.3, -0.25) is 9.59 Å². The van der Waals surface area contributed by atoms with Gasteiger partial charge >= 0.3 is 5.97 Å². The van der Waals surface area contributed by atoms with Crippen LogP contribution in [0.3, 0.4) is 0 Å². The van der Waals surface area contributed by atoms with Gasteiger partial charge in [0.1, 0.15) is 0 Å². The van der Waals surface area contributed by atoms with E-state index >= 15 is 0 Å². The first-order valence-electron chi connectivity index (χ1n) is 6.68. The van der Waals surface area contributed by atoms with Gasteiger partial charge in [0, 0.05) is 10.9 Å². The van der Waals surface area contributed by atoms with E-state index in [1.807, 2.05) is 40.7 Å². The van der Waals surface area contributed by atoms with Crippen molar-refractivity contribution in [3.8, 4) is 0 Å². The Labute approximate surface area is 124 Å². The van der Waals surface area contributed by atoms with Crippen LogP contribution in [0.15, 0.2) is 6.07 Å². The summed E-state index contributed by atoms with van der Waals surface area (Å²) >= 11 is 1.44. The van der Waals surface area contributed by atoms with Crippen LogP contribution in [0.5, 0.6) is 0 Å². The molecular weight excluding hydrogens is 274 g/mol. The summed E-state index contributed by atoms with van der Waals surface area (Å²) < 4.78 is 0. The zero-order valence-electron chi connectivity index (χ0n) is 12.7.